The minimum atomic E-state index is -0.900. The number of carbonyl (C=O) groups is 2. The molecule has 0 aliphatic carbocycles. The largest absolute Gasteiger partial charge is 0.347 e. The normalized spacial score (nSPS) is 20.2. The first kappa shape index (κ1) is 21.2. The number of rotatable bonds is 3. The van der Waals surface area contributed by atoms with E-state index in [9.17, 15) is 18.4 Å². The summed E-state index contributed by atoms with van der Waals surface area (Å²) in [4.78, 5) is 25.9. The van der Waals surface area contributed by atoms with Gasteiger partial charge in [0, 0.05) is 30.3 Å². The topological polar surface area (TPSA) is 88.0 Å². The summed E-state index contributed by atoms with van der Waals surface area (Å²) in [5, 5.41) is 13.9. The van der Waals surface area contributed by atoms with Crippen molar-refractivity contribution in [2.24, 2.45) is 0 Å². The molecule has 3 N–H and O–H groups in total. The summed E-state index contributed by atoms with van der Waals surface area (Å²) in [6, 6.07) is 5.36. The van der Waals surface area contributed by atoms with Crippen LogP contribution in [0.2, 0.25) is 0 Å². The number of hydrogen-bond acceptors (Lipinski definition) is 5. The van der Waals surface area contributed by atoms with Crippen molar-refractivity contribution in [1.29, 1.82) is 0 Å². The van der Waals surface area contributed by atoms with Gasteiger partial charge in [-0.3, -0.25) is 14.3 Å². The van der Waals surface area contributed by atoms with Gasteiger partial charge in [-0.2, -0.15) is 5.10 Å². The Morgan fingerprint density at radius 1 is 1.28 bits per heavy atom. The van der Waals surface area contributed by atoms with E-state index in [0.717, 1.165) is 11.8 Å². The van der Waals surface area contributed by atoms with Crippen molar-refractivity contribution in [2.75, 3.05) is 18.4 Å². The van der Waals surface area contributed by atoms with Crippen molar-refractivity contribution in [3.63, 3.8) is 0 Å². The monoisotopic (exact) mass is 521 g/mol. The molecule has 2 atom stereocenters. The Morgan fingerprint density at radius 3 is 2.94 bits per heavy atom. The second kappa shape index (κ2) is 8.38. The summed E-state index contributed by atoms with van der Waals surface area (Å²) in [6.07, 6.45) is 2.29. The summed E-state index contributed by atoms with van der Waals surface area (Å²) < 4.78 is 29.4. The standard InChI is InChI=1S/C21H18BrF2N5O2S/c22-18-17-15-4-6-26-29(15)9-16(30)28-21(17)32-19(18)20(31)27-14-8-25-5-3-11(14)10-1-2-12(23)13(24)7-10/h1-2,4,6-7,11,14,25H,3,5,8-9H2,(H,27,31)(H,28,30)/t11-,14+/m0/s1. The Bertz CT molecular complexity index is 1230. The minimum absolute atomic E-state index is 0.0986. The van der Waals surface area contributed by atoms with Crippen molar-refractivity contribution in [2.45, 2.75) is 24.9 Å². The number of aromatic nitrogens is 2. The quantitative estimate of drug-likeness (QED) is 0.492. The zero-order valence-electron chi connectivity index (χ0n) is 16.6. The molecular formula is C21H18BrF2N5O2S. The molecule has 4 heterocycles. The highest BCUT2D eigenvalue weighted by molar-refractivity contribution is 9.10. The number of carbonyl (C=O) groups excluding carboxylic acids is 2. The number of piperidine rings is 1. The third-order valence-electron chi connectivity index (χ3n) is 5.75. The number of nitrogens with zero attached hydrogens (tertiary/aromatic N) is 2. The molecule has 1 saturated heterocycles. The number of hydrogen-bond donors (Lipinski definition) is 3. The van der Waals surface area contributed by atoms with Gasteiger partial charge in [0.05, 0.1) is 10.2 Å². The van der Waals surface area contributed by atoms with Crippen LogP contribution in [-0.2, 0) is 11.3 Å². The van der Waals surface area contributed by atoms with Crippen LogP contribution in [-0.4, -0.2) is 40.7 Å². The summed E-state index contributed by atoms with van der Waals surface area (Å²) >= 11 is 4.72. The molecule has 0 spiro atoms. The van der Waals surface area contributed by atoms with Gasteiger partial charge in [0.1, 0.15) is 16.4 Å². The lowest BCUT2D eigenvalue weighted by Crippen LogP contribution is -2.50. The van der Waals surface area contributed by atoms with Crippen LogP contribution in [0.15, 0.2) is 34.9 Å². The van der Waals surface area contributed by atoms with E-state index in [1.165, 1.54) is 17.4 Å². The molecule has 11 heteroatoms. The molecule has 0 bridgehead atoms. The lowest BCUT2D eigenvalue weighted by atomic mass is 9.86. The molecule has 2 aromatic heterocycles. The lowest BCUT2D eigenvalue weighted by molar-refractivity contribution is -0.116. The molecule has 32 heavy (non-hydrogen) atoms. The van der Waals surface area contributed by atoms with Crippen LogP contribution < -0.4 is 16.0 Å². The Kier molecular flexibility index (Phi) is 5.56. The maximum absolute atomic E-state index is 13.8. The van der Waals surface area contributed by atoms with Gasteiger partial charge >= 0.3 is 0 Å². The summed E-state index contributed by atoms with van der Waals surface area (Å²) in [5.74, 6) is -2.48. The molecule has 0 unspecified atom stereocenters. The fraction of sp³-hybridized carbons (Fsp3) is 0.286. The second-order valence-corrected chi connectivity index (χ2v) is 9.54. The maximum atomic E-state index is 13.8. The maximum Gasteiger partial charge on any atom is 0.262 e. The van der Waals surface area contributed by atoms with Gasteiger partial charge in [0.15, 0.2) is 11.6 Å². The van der Waals surface area contributed by atoms with E-state index in [1.807, 2.05) is 0 Å². The molecule has 2 amide bonds. The Labute approximate surface area is 194 Å². The zero-order valence-corrected chi connectivity index (χ0v) is 19.0. The number of fused-ring (bicyclic) bond motifs is 3. The van der Waals surface area contributed by atoms with E-state index in [1.54, 1.807) is 23.0 Å². The van der Waals surface area contributed by atoms with Gasteiger partial charge in [0.25, 0.3) is 5.91 Å². The van der Waals surface area contributed by atoms with Crippen molar-refractivity contribution in [3.05, 3.63) is 57.0 Å². The summed E-state index contributed by atoms with van der Waals surface area (Å²) in [6.45, 7) is 1.31. The van der Waals surface area contributed by atoms with Gasteiger partial charge in [-0.1, -0.05) is 6.07 Å². The van der Waals surface area contributed by atoms with Crippen molar-refractivity contribution in [1.82, 2.24) is 20.4 Å². The van der Waals surface area contributed by atoms with E-state index < -0.39 is 11.6 Å². The van der Waals surface area contributed by atoms with Crippen LogP contribution in [0.25, 0.3) is 11.3 Å². The van der Waals surface area contributed by atoms with Gasteiger partial charge in [-0.25, -0.2) is 8.78 Å². The first-order chi connectivity index (χ1) is 15.4. The van der Waals surface area contributed by atoms with Crippen molar-refractivity contribution >= 4 is 44.1 Å². The van der Waals surface area contributed by atoms with Crippen LogP contribution in [0.1, 0.15) is 27.6 Å². The number of amides is 2. The molecule has 0 saturated carbocycles. The molecule has 0 radical (unpaired) electrons. The molecule has 2 aliphatic rings. The first-order valence-electron chi connectivity index (χ1n) is 10.0. The van der Waals surface area contributed by atoms with Crippen LogP contribution in [0, 0.1) is 11.6 Å². The fourth-order valence-corrected chi connectivity index (χ4v) is 6.21. The molecule has 5 rings (SSSR count). The Morgan fingerprint density at radius 2 is 2.12 bits per heavy atom. The third-order valence-corrected chi connectivity index (χ3v) is 7.91. The first-order valence-corrected chi connectivity index (χ1v) is 11.6. The summed E-state index contributed by atoms with van der Waals surface area (Å²) in [5.41, 5.74) is 2.09. The van der Waals surface area contributed by atoms with E-state index in [0.29, 0.717) is 45.0 Å². The second-order valence-electron chi connectivity index (χ2n) is 7.72. The number of halogens is 3. The zero-order chi connectivity index (χ0) is 22.4. The molecule has 1 aromatic carbocycles. The minimum Gasteiger partial charge on any atom is -0.347 e. The Hall–Kier alpha value is -2.63. The molecule has 3 aromatic rings. The van der Waals surface area contributed by atoms with Gasteiger partial charge in [-0.05, 0) is 52.7 Å². The van der Waals surface area contributed by atoms with Crippen molar-refractivity contribution in [3.8, 4) is 11.3 Å². The van der Waals surface area contributed by atoms with Crippen LogP contribution in [0.3, 0.4) is 0 Å². The Balaban J connectivity index is 1.44. The van der Waals surface area contributed by atoms with Gasteiger partial charge < -0.3 is 16.0 Å². The molecular weight excluding hydrogens is 504 g/mol. The van der Waals surface area contributed by atoms with Crippen LogP contribution in [0.5, 0.6) is 0 Å². The highest BCUT2D eigenvalue weighted by atomic mass is 79.9. The highest BCUT2D eigenvalue weighted by Crippen LogP contribution is 2.45. The number of anilines is 1. The van der Waals surface area contributed by atoms with Gasteiger partial charge in [-0.15, -0.1) is 11.3 Å². The number of thiophene rings is 1. The van der Waals surface area contributed by atoms with Gasteiger partial charge in [0.2, 0.25) is 5.91 Å². The SMILES string of the molecule is O=C1Cn2nccc2-c2c(sc(C(=O)N[C@@H]3CNCC[C@H]3c3ccc(F)c(F)c3)c2Br)N1. The summed E-state index contributed by atoms with van der Waals surface area (Å²) in [7, 11) is 0. The van der Waals surface area contributed by atoms with E-state index in [2.05, 4.69) is 37.0 Å². The molecule has 1 fully saturated rings. The molecule has 166 valence electrons. The van der Waals surface area contributed by atoms with Crippen LogP contribution >= 0.6 is 27.3 Å². The fourth-order valence-electron chi connectivity index (χ4n) is 4.23. The lowest BCUT2D eigenvalue weighted by Gasteiger charge is -2.33. The predicted molar refractivity (Wildman–Crippen MR) is 120 cm³/mol. The predicted octanol–water partition coefficient (Wildman–Crippen LogP) is 3.48. The average molecular weight is 522 g/mol. The van der Waals surface area contributed by atoms with E-state index >= 15 is 0 Å². The third kappa shape index (κ3) is 3.74. The highest BCUT2D eigenvalue weighted by Gasteiger charge is 2.32. The number of nitrogens with one attached hydrogen (secondary N) is 3. The van der Waals surface area contributed by atoms with Crippen molar-refractivity contribution < 1.29 is 18.4 Å². The number of benzene rings is 1. The molecule has 2 aliphatic heterocycles. The average Bonchev–Trinajstić information content (AvgIpc) is 3.30. The molecule has 7 nitrogen and oxygen atoms in total. The van der Waals surface area contributed by atoms with E-state index in [4.69, 9.17) is 0 Å². The van der Waals surface area contributed by atoms with E-state index in [-0.39, 0.29) is 30.3 Å². The smallest absolute Gasteiger partial charge is 0.262 e. The van der Waals surface area contributed by atoms with Crippen LogP contribution in [0.4, 0.5) is 13.8 Å².